The van der Waals surface area contributed by atoms with E-state index in [0.717, 1.165) is 37.7 Å². The molecular weight excluding hydrogens is 462 g/mol. The first kappa shape index (κ1) is 22.3. The number of aromatic nitrogens is 3. The summed E-state index contributed by atoms with van der Waals surface area (Å²) in [4.78, 5) is 18.0. The van der Waals surface area contributed by atoms with Crippen molar-refractivity contribution in [2.45, 2.75) is 55.9 Å². The van der Waals surface area contributed by atoms with Crippen molar-refractivity contribution in [3.05, 3.63) is 66.7 Å². The van der Waals surface area contributed by atoms with Crippen LogP contribution in [0.25, 0.3) is 0 Å². The number of nitrogens with zero attached hydrogens (tertiary/aromatic N) is 3. The summed E-state index contributed by atoms with van der Waals surface area (Å²) in [5.74, 6) is 1.07. The zero-order valence-electron chi connectivity index (χ0n) is 19.6. The fourth-order valence-electron chi connectivity index (χ4n) is 7.07. The summed E-state index contributed by atoms with van der Waals surface area (Å²) in [7, 11) is -3.73. The van der Waals surface area contributed by atoms with Gasteiger partial charge < -0.3 is 5.32 Å². The topological polar surface area (TPSA) is 106 Å². The summed E-state index contributed by atoms with van der Waals surface area (Å²) >= 11 is 0. The molecule has 0 radical (unpaired) electrons. The molecule has 35 heavy (non-hydrogen) atoms. The van der Waals surface area contributed by atoms with Gasteiger partial charge in [-0.05, 0) is 93.2 Å². The van der Waals surface area contributed by atoms with Crippen LogP contribution in [0, 0.1) is 24.2 Å². The number of carbonyl (C=O) groups is 1. The lowest BCUT2D eigenvalue weighted by Crippen LogP contribution is -2.60. The van der Waals surface area contributed by atoms with E-state index in [2.05, 4.69) is 20.1 Å². The van der Waals surface area contributed by atoms with Gasteiger partial charge in [-0.15, -0.1) is 0 Å². The summed E-state index contributed by atoms with van der Waals surface area (Å²) in [6, 6.07) is 13.6. The fraction of sp³-hybridized carbons (Fsp3) is 0.423. The van der Waals surface area contributed by atoms with Crippen LogP contribution in [0.4, 0.5) is 11.4 Å². The molecule has 7 rings (SSSR count). The Morgan fingerprint density at radius 3 is 2.40 bits per heavy atom. The van der Waals surface area contributed by atoms with E-state index < -0.39 is 15.4 Å². The molecule has 8 nitrogen and oxygen atoms in total. The molecule has 0 aliphatic heterocycles. The Morgan fingerprint density at radius 1 is 1.03 bits per heavy atom. The lowest BCUT2D eigenvalue weighted by atomic mass is 9.46. The first-order valence-corrected chi connectivity index (χ1v) is 13.6. The molecule has 1 heterocycles. The van der Waals surface area contributed by atoms with E-state index in [0.29, 0.717) is 23.2 Å². The van der Waals surface area contributed by atoms with Crippen LogP contribution in [0.15, 0.2) is 66.1 Å². The van der Waals surface area contributed by atoms with Gasteiger partial charge in [-0.3, -0.25) is 9.52 Å². The predicted molar refractivity (Wildman–Crippen MR) is 132 cm³/mol. The number of sulfonamides is 1. The maximum absolute atomic E-state index is 13.7. The van der Waals surface area contributed by atoms with Crippen molar-refractivity contribution in [1.29, 1.82) is 0 Å². The minimum Gasteiger partial charge on any atom is -0.326 e. The lowest BCUT2D eigenvalue weighted by Gasteiger charge is -2.60. The molecule has 0 unspecified atom stereocenters. The molecule has 2 aromatic carbocycles. The lowest BCUT2D eigenvalue weighted by molar-refractivity contribution is -0.150. The second-order valence-corrected chi connectivity index (χ2v) is 12.4. The molecular formula is C26H29N5O3S. The molecule has 1 amide bonds. The molecule has 2 atom stereocenters. The second-order valence-electron chi connectivity index (χ2n) is 10.7. The Kier molecular flexibility index (Phi) is 5.03. The van der Waals surface area contributed by atoms with Crippen molar-refractivity contribution in [3.63, 3.8) is 0 Å². The van der Waals surface area contributed by atoms with Gasteiger partial charge in [0.15, 0.2) is 0 Å². The maximum atomic E-state index is 13.7. The van der Waals surface area contributed by atoms with E-state index >= 15 is 0 Å². The number of nitrogens with one attached hydrogen (secondary N) is 2. The van der Waals surface area contributed by atoms with Gasteiger partial charge in [0.2, 0.25) is 5.91 Å². The van der Waals surface area contributed by atoms with Crippen molar-refractivity contribution < 1.29 is 13.2 Å². The number of hydrogen-bond donors (Lipinski definition) is 2. The fourth-order valence-corrected chi connectivity index (χ4v) is 8.20. The molecule has 4 saturated carbocycles. The molecule has 4 fully saturated rings. The third-order valence-electron chi connectivity index (χ3n) is 8.23. The third-order valence-corrected chi connectivity index (χ3v) is 9.61. The molecule has 4 aliphatic rings. The second kappa shape index (κ2) is 7.91. The number of amides is 1. The normalized spacial score (nSPS) is 29.2. The van der Waals surface area contributed by atoms with Gasteiger partial charge in [-0.1, -0.05) is 18.2 Å². The van der Waals surface area contributed by atoms with Crippen molar-refractivity contribution in [1.82, 2.24) is 14.8 Å². The van der Waals surface area contributed by atoms with Gasteiger partial charge in [0.1, 0.15) is 12.7 Å². The molecule has 1 aromatic heterocycles. The van der Waals surface area contributed by atoms with Gasteiger partial charge >= 0.3 is 0 Å². The number of benzene rings is 2. The smallest absolute Gasteiger partial charge is 0.261 e. The molecule has 182 valence electrons. The average Bonchev–Trinajstić information content (AvgIpc) is 3.36. The van der Waals surface area contributed by atoms with E-state index in [1.807, 2.05) is 23.7 Å². The van der Waals surface area contributed by atoms with Gasteiger partial charge in [0.25, 0.3) is 10.0 Å². The van der Waals surface area contributed by atoms with Crippen molar-refractivity contribution in [3.8, 4) is 0 Å². The molecule has 4 aliphatic carbocycles. The number of carbonyl (C=O) groups excluding carboxylic acids is 1. The highest BCUT2D eigenvalue weighted by Gasteiger charge is 2.61. The van der Waals surface area contributed by atoms with Crippen LogP contribution < -0.4 is 10.0 Å². The summed E-state index contributed by atoms with van der Waals surface area (Å²) < 4.78 is 30.3. The van der Waals surface area contributed by atoms with Crippen LogP contribution in [-0.4, -0.2) is 29.1 Å². The highest BCUT2D eigenvalue weighted by molar-refractivity contribution is 7.92. The average molecular weight is 492 g/mol. The van der Waals surface area contributed by atoms with Gasteiger partial charge in [-0.25, -0.2) is 18.1 Å². The molecule has 9 heteroatoms. The Balaban J connectivity index is 1.20. The standard InChI is InChI=1S/C26H29N5O3S/c1-18-4-2-3-5-23(18)30-35(33,34)22-8-6-21(7-9-22)29-24(32)25-11-19-10-20(12-25)14-26(13-19,15-25)31-17-27-16-28-31/h2-9,16-17,19-20,30H,10-15H2,1H3,(H,29,32)/t19-,20-,25?,26?/m1/s1. The Hall–Kier alpha value is -3.20. The van der Waals surface area contributed by atoms with Crippen LogP contribution in [0.3, 0.4) is 0 Å². The summed E-state index contributed by atoms with van der Waals surface area (Å²) in [5.41, 5.74) is 1.45. The van der Waals surface area contributed by atoms with Crippen LogP contribution >= 0.6 is 0 Å². The highest BCUT2D eigenvalue weighted by Crippen LogP contribution is 2.64. The van der Waals surface area contributed by atoms with Crippen LogP contribution in [0.5, 0.6) is 0 Å². The van der Waals surface area contributed by atoms with Gasteiger partial charge in [-0.2, -0.15) is 5.10 Å². The van der Waals surface area contributed by atoms with E-state index in [-0.39, 0.29) is 16.3 Å². The Morgan fingerprint density at radius 2 is 1.74 bits per heavy atom. The van der Waals surface area contributed by atoms with E-state index in [9.17, 15) is 13.2 Å². The van der Waals surface area contributed by atoms with E-state index in [4.69, 9.17) is 0 Å². The zero-order valence-corrected chi connectivity index (χ0v) is 20.5. The van der Waals surface area contributed by atoms with Crippen LogP contribution in [-0.2, 0) is 20.4 Å². The highest BCUT2D eigenvalue weighted by atomic mass is 32.2. The van der Waals surface area contributed by atoms with E-state index in [1.54, 1.807) is 36.9 Å². The summed E-state index contributed by atoms with van der Waals surface area (Å²) in [5, 5.41) is 7.56. The van der Waals surface area contributed by atoms with Crippen molar-refractivity contribution >= 4 is 27.3 Å². The number of rotatable bonds is 6. The summed E-state index contributed by atoms with van der Waals surface area (Å²) in [6.45, 7) is 1.86. The monoisotopic (exact) mass is 491 g/mol. The summed E-state index contributed by atoms with van der Waals surface area (Å²) in [6.07, 6.45) is 9.25. The zero-order chi connectivity index (χ0) is 24.3. The molecule has 3 aromatic rings. The molecule has 4 bridgehead atoms. The van der Waals surface area contributed by atoms with Crippen molar-refractivity contribution in [2.24, 2.45) is 17.3 Å². The molecule has 0 spiro atoms. The predicted octanol–water partition coefficient (Wildman–Crippen LogP) is 4.32. The van der Waals surface area contributed by atoms with Gasteiger partial charge in [0.05, 0.1) is 21.5 Å². The van der Waals surface area contributed by atoms with Crippen molar-refractivity contribution in [2.75, 3.05) is 10.0 Å². The van der Waals surface area contributed by atoms with E-state index in [1.165, 1.54) is 18.6 Å². The minimum atomic E-state index is -3.73. The quantitative estimate of drug-likeness (QED) is 0.534. The Labute approximate surface area is 205 Å². The number of aryl methyl sites for hydroxylation is 1. The maximum Gasteiger partial charge on any atom is 0.261 e. The number of hydrogen-bond acceptors (Lipinski definition) is 5. The molecule has 0 saturated heterocycles. The SMILES string of the molecule is Cc1ccccc1NS(=O)(=O)c1ccc(NC(=O)C23C[C@H]4C[C@H](C2)CC(n2cncn2)(C4)C3)cc1. The first-order valence-electron chi connectivity index (χ1n) is 12.1. The third kappa shape index (κ3) is 3.82. The molecule has 2 N–H and O–H groups in total. The Bertz CT molecular complexity index is 1350. The number of para-hydroxylation sites is 1. The largest absolute Gasteiger partial charge is 0.326 e. The first-order chi connectivity index (χ1) is 16.8. The minimum absolute atomic E-state index is 0.0322. The van der Waals surface area contributed by atoms with Crippen LogP contribution in [0.2, 0.25) is 0 Å². The van der Waals surface area contributed by atoms with Crippen LogP contribution in [0.1, 0.15) is 44.1 Å². The number of anilines is 2. The van der Waals surface area contributed by atoms with Gasteiger partial charge in [0, 0.05) is 5.69 Å².